The number of aromatic nitrogens is 1. The topological polar surface area (TPSA) is 64.8 Å². The lowest BCUT2D eigenvalue weighted by molar-refractivity contribution is 0.0955. The number of hydrogen-bond acceptors (Lipinski definition) is 4. The average Bonchev–Trinajstić information content (AvgIpc) is 3.39. The van der Waals surface area contributed by atoms with Crippen LogP contribution < -0.4 is 14.9 Å². The molecule has 1 heterocycles. The van der Waals surface area contributed by atoms with Crippen LogP contribution in [0.25, 0.3) is 5.69 Å². The summed E-state index contributed by atoms with van der Waals surface area (Å²) >= 11 is 6.05. The van der Waals surface area contributed by atoms with E-state index >= 15 is 0 Å². The van der Waals surface area contributed by atoms with Gasteiger partial charge in [-0.3, -0.25) is 4.79 Å². The number of carbonyl (C=O) groups is 1. The molecule has 0 radical (unpaired) electrons. The molecule has 172 valence electrons. The number of halogens is 1. The number of hydrogen-bond donors (Lipinski definition) is 1. The van der Waals surface area contributed by atoms with Gasteiger partial charge in [0.05, 0.1) is 24.1 Å². The van der Waals surface area contributed by atoms with Gasteiger partial charge in [-0.15, -0.1) is 0 Å². The second-order valence-electron chi connectivity index (χ2n) is 7.36. The molecule has 0 fully saturated rings. The highest BCUT2D eigenvalue weighted by atomic mass is 35.5. The molecule has 0 saturated carbocycles. The van der Waals surface area contributed by atoms with Gasteiger partial charge >= 0.3 is 0 Å². The summed E-state index contributed by atoms with van der Waals surface area (Å²) < 4.78 is 13.6. The molecule has 0 unspecified atom stereocenters. The molecule has 3 aromatic carbocycles. The molecule has 0 aliphatic heterocycles. The number of rotatable bonds is 9. The van der Waals surface area contributed by atoms with Crippen LogP contribution in [0.5, 0.6) is 11.5 Å². The van der Waals surface area contributed by atoms with Crippen LogP contribution in [0.2, 0.25) is 5.02 Å². The summed E-state index contributed by atoms with van der Waals surface area (Å²) in [5, 5.41) is 4.79. The van der Waals surface area contributed by atoms with Crippen LogP contribution in [0, 0.1) is 0 Å². The molecule has 1 aromatic heterocycles. The van der Waals surface area contributed by atoms with E-state index in [0.717, 1.165) is 16.8 Å². The van der Waals surface area contributed by atoms with Gasteiger partial charge < -0.3 is 14.0 Å². The minimum Gasteiger partial charge on any atom is -0.490 e. The number of benzene rings is 3. The van der Waals surface area contributed by atoms with Crippen molar-refractivity contribution < 1.29 is 14.3 Å². The van der Waals surface area contributed by atoms with Crippen LogP contribution in [-0.4, -0.2) is 23.3 Å². The van der Waals surface area contributed by atoms with E-state index in [0.29, 0.717) is 35.3 Å². The Morgan fingerprint density at radius 1 is 0.971 bits per heavy atom. The minimum absolute atomic E-state index is 0.299. The van der Waals surface area contributed by atoms with Crippen molar-refractivity contribution in [3.05, 3.63) is 113 Å². The molecule has 0 spiro atoms. The molecule has 6 nitrogen and oxygen atoms in total. The molecule has 1 N–H and O–H groups in total. The third kappa shape index (κ3) is 5.85. The van der Waals surface area contributed by atoms with Crippen LogP contribution in [0.3, 0.4) is 0 Å². The van der Waals surface area contributed by atoms with E-state index in [1.54, 1.807) is 12.3 Å². The zero-order chi connectivity index (χ0) is 23.8. The minimum atomic E-state index is -0.299. The van der Waals surface area contributed by atoms with Gasteiger partial charge in [-0.1, -0.05) is 35.9 Å². The first-order valence-electron chi connectivity index (χ1n) is 10.8. The van der Waals surface area contributed by atoms with Gasteiger partial charge in [0.2, 0.25) is 0 Å². The third-order valence-corrected chi connectivity index (χ3v) is 5.20. The Bertz CT molecular complexity index is 1290. The van der Waals surface area contributed by atoms with Crippen molar-refractivity contribution in [2.75, 3.05) is 6.61 Å². The molecule has 0 atom stereocenters. The quantitative estimate of drug-likeness (QED) is 0.244. The van der Waals surface area contributed by atoms with Crippen LogP contribution in [0.15, 0.2) is 96.4 Å². The lowest BCUT2D eigenvalue weighted by atomic mass is 10.1. The smallest absolute Gasteiger partial charge is 0.273 e. The van der Waals surface area contributed by atoms with Crippen molar-refractivity contribution in [2.24, 2.45) is 5.10 Å². The first-order valence-corrected chi connectivity index (χ1v) is 11.2. The Balaban J connectivity index is 1.44. The molecular weight excluding hydrogens is 450 g/mol. The van der Waals surface area contributed by atoms with Gasteiger partial charge in [0.1, 0.15) is 6.61 Å². The van der Waals surface area contributed by atoms with Gasteiger partial charge in [-0.05, 0) is 72.6 Å². The summed E-state index contributed by atoms with van der Waals surface area (Å²) in [4.78, 5) is 12.7. The van der Waals surface area contributed by atoms with E-state index in [4.69, 9.17) is 21.1 Å². The van der Waals surface area contributed by atoms with E-state index in [-0.39, 0.29) is 5.91 Å². The van der Waals surface area contributed by atoms with Gasteiger partial charge in [0.25, 0.3) is 5.91 Å². The van der Waals surface area contributed by atoms with Crippen molar-refractivity contribution in [3.8, 4) is 17.2 Å². The summed E-state index contributed by atoms with van der Waals surface area (Å²) in [5.41, 5.74) is 5.63. The van der Waals surface area contributed by atoms with E-state index in [1.165, 1.54) is 0 Å². The Kier molecular flexibility index (Phi) is 7.63. The van der Waals surface area contributed by atoms with Crippen LogP contribution in [0.4, 0.5) is 0 Å². The highest BCUT2D eigenvalue weighted by Gasteiger charge is 2.11. The molecule has 0 saturated heterocycles. The largest absolute Gasteiger partial charge is 0.490 e. The third-order valence-electron chi connectivity index (χ3n) is 4.96. The standard InChI is InChI=1S/C27H24ClN3O3/c1-2-33-26-17-20(12-13-25(26)34-19-21-8-7-9-22(28)16-21)18-29-30-27(32)23-10-3-4-11-24(23)31-14-5-6-15-31/h3-18H,2,19H2,1H3,(H,30,32). The van der Waals surface area contributed by atoms with E-state index in [9.17, 15) is 4.79 Å². The number of nitrogens with one attached hydrogen (secondary N) is 1. The lowest BCUT2D eigenvalue weighted by Gasteiger charge is -2.13. The Hall–Kier alpha value is -4.03. The fourth-order valence-electron chi connectivity index (χ4n) is 3.39. The van der Waals surface area contributed by atoms with E-state index < -0.39 is 0 Å². The molecule has 34 heavy (non-hydrogen) atoms. The fourth-order valence-corrected chi connectivity index (χ4v) is 3.60. The first-order chi connectivity index (χ1) is 16.6. The molecular formula is C27H24ClN3O3. The van der Waals surface area contributed by atoms with Crippen molar-refractivity contribution >= 4 is 23.7 Å². The summed E-state index contributed by atoms with van der Waals surface area (Å²) in [5.74, 6) is 0.911. The number of ether oxygens (including phenoxy) is 2. The monoisotopic (exact) mass is 473 g/mol. The molecule has 1 amide bonds. The summed E-state index contributed by atoms with van der Waals surface area (Å²) in [6, 6.07) is 24.2. The van der Waals surface area contributed by atoms with E-state index in [1.807, 2.05) is 96.7 Å². The Labute approximate surface area is 203 Å². The maximum atomic E-state index is 12.7. The second kappa shape index (κ2) is 11.2. The van der Waals surface area contributed by atoms with Crippen LogP contribution >= 0.6 is 11.6 Å². The fraction of sp³-hybridized carbons (Fsp3) is 0.111. The highest BCUT2D eigenvalue weighted by molar-refractivity contribution is 6.30. The van der Waals surface area contributed by atoms with Gasteiger partial charge in [-0.25, -0.2) is 5.43 Å². The first kappa shape index (κ1) is 23.1. The summed E-state index contributed by atoms with van der Waals surface area (Å²) in [6.45, 7) is 2.76. The SMILES string of the molecule is CCOc1cc(C=NNC(=O)c2ccccc2-n2cccc2)ccc1OCc1cccc(Cl)c1. The average molecular weight is 474 g/mol. The Morgan fingerprint density at radius 3 is 2.59 bits per heavy atom. The zero-order valence-electron chi connectivity index (χ0n) is 18.6. The maximum Gasteiger partial charge on any atom is 0.273 e. The van der Waals surface area contributed by atoms with E-state index in [2.05, 4.69) is 10.5 Å². The van der Waals surface area contributed by atoms with Crippen LogP contribution in [-0.2, 0) is 6.61 Å². The normalized spacial score (nSPS) is 10.9. The van der Waals surface area contributed by atoms with Crippen molar-refractivity contribution in [1.82, 2.24) is 9.99 Å². The molecule has 7 heteroatoms. The number of para-hydroxylation sites is 1. The van der Waals surface area contributed by atoms with Gasteiger partial charge in [0.15, 0.2) is 11.5 Å². The second-order valence-corrected chi connectivity index (χ2v) is 7.80. The molecule has 0 aliphatic carbocycles. The zero-order valence-corrected chi connectivity index (χ0v) is 19.4. The highest BCUT2D eigenvalue weighted by Crippen LogP contribution is 2.29. The number of nitrogens with zero attached hydrogens (tertiary/aromatic N) is 2. The number of hydrazone groups is 1. The van der Waals surface area contributed by atoms with Gasteiger partial charge in [-0.2, -0.15) is 5.10 Å². The predicted molar refractivity (Wildman–Crippen MR) is 134 cm³/mol. The van der Waals surface area contributed by atoms with Gasteiger partial charge in [0, 0.05) is 17.4 Å². The molecule has 0 aliphatic rings. The van der Waals surface area contributed by atoms with Crippen molar-refractivity contribution in [2.45, 2.75) is 13.5 Å². The lowest BCUT2D eigenvalue weighted by Crippen LogP contribution is -2.19. The maximum absolute atomic E-state index is 12.7. The number of carbonyl (C=O) groups excluding carboxylic acids is 1. The van der Waals surface area contributed by atoms with Crippen molar-refractivity contribution in [1.29, 1.82) is 0 Å². The predicted octanol–water partition coefficient (Wildman–Crippen LogP) is 5.87. The molecule has 4 aromatic rings. The summed E-state index contributed by atoms with van der Waals surface area (Å²) in [7, 11) is 0. The Morgan fingerprint density at radius 2 is 1.79 bits per heavy atom. The number of amides is 1. The van der Waals surface area contributed by atoms with Crippen molar-refractivity contribution in [3.63, 3.8) is 0 Å². The molecule has 0 bridgehead atoms. The van der Waals surface area contributed by atoms with Crippen LogP contribution in [0.1, 0.15) is 28.4 Å². The summed E-state index contributed by atoms with van der Waals surface area (Å²) in [6.07, 6.45) is 5.35. The molecule has 4 rings (SSSR count).